The van der Waals surface area contributed by atoms with Crippen LogP contribution in [-0.4, -0.2) is 38.7 Å². The van der Waals surface area contributed by atoms with E-state index in [-0.39, 0.29) is 24.2 Å². The molecule has 0 aliphatic carbocycles. The number of carbonyl (C=O) groups is 2. The first-order valence-electron chi connectivity index (χ1n) is 6.48. The minimum Gasteiger partial charge on any atom is -0.491 e. The van der Waals surface area contributed by atoms with Gasteiger partial charge in [0.15, 0.2) is 0 Å². The van der Waals surface area contributed by atoms with Gasteiger partial charge in [0.1, 0.15) is 12.4 Å². The van der Waals surface area contributed by atoms with Gasteiger partial charge in [-0.3, -0.25) is 9.59 Å². The van der Waals surface area contributed by atoms with Crippen LogP contribution >= 0.6 is 0 Å². The Balaban J connectivity index is 1.84. The van der Waals surface area contributed by atoms with Gasteiger partial charge in [0, 0.05) is 25.8 Å². The third-order valence-electron chi connectivity index (χ3n) is 3.03. The van der Waals surface area contributed by atoms with E-state index in [0.29, 0.717) is 25.4 Å². The first-order chi connectivity index (χ1) is 9.69. The highest BCUT2D eigenvalue weighted by Crippen LogP contribution is 2.17. The summed E-state index contributed by atoms with van der Waals surface area (Å²) in [5.41, 5.74) is 0.688. The van der Waals surface area contributed by atoms with Crippen molar-refractivity contribution < 1.29 is 19.1 Å². The molecule has 0 aromatic heterocycles. The number of ether oxygens (including phenoxy) is 2. The van der Waals surface area contributed by atoms with E-state index in [4.69, 9.17) is 9.47 Å². The predicted molar refractivity (Wildman–Crippen MR) is 73.6 cm³/mol. The highest BCUT2D eigenvalue weighted by atomic mass is 16.5. The first-order valence-corrected chi connectivity index (χ1v) is 6.48. The highest BCUT2D eigenvalue weighted by molar-refractivity contribution is 5.97. The lowest BCUT2D eigenvalue weighted by molar-refractivity contribution is -0.123. The minimum absolute atomic E-state index is 0.0768. The normalized spacial score (nSPS) is 17.6. The van der Waals surface area contributed by atoms with Crippen molar-refractivity contribution in [2.45, 2.75) is 6.42 Å². The summed E-state index contributed by atoms with van der Waals surface area (Å²) in [6, 6.07) is 7.10. The second-order valence-electron chi connectivity index (χ2n) is 4.56. The van der Waals surface area contributed by atoms with Gasteiger partial charge in [-0.05, 0) is 24.3 Å². The van der Waals surface area contributed by atoms with Crippen LogP contribution < -0.4 is 15.4 Å². The van der Waals surface area contributed by atoms with Crippen LogP contribution in [0.4, 0.5) is 5.69 Å². The lowest BCUT2D eigenvalue weighted by Crippen LogP contribution is -2.24. The molecule has 0 saturated carbocycles. The van der Waals surface area contributed by atoms with Crippen LogP contribution in [0.1, 0.15) is 6.42 Å². The number of anilines is 1. The molecule has 0 radical (unpaired) electrons. The summed E-state index contributed by atoms with van der Waals surface area (Å²) in [4.78, 5) is 23.0. The molecule has 1 unspecified atom stereocenters. The summed E-state index contributed by atoms with van der Waals surface area (Å²) in [5.74, 6) is 0.210. The number of hydrogen-bond acceptors (Lipinski definition) is 4. The lowest BCUT2D eigenvalue weighted by atomic mass is 10.1. The Morgan fingerprint density at radius 2 is 2.10 bits per heavy atom. The number of benzene rings is 1. The molecule has 20 heavy (non-hydrogen) atoms. The molecule has 1 saturated heterocycles. The van der Waals surface area contributed by atoms with E-state index < -0.39 is 0 Å². The Kier molecular flexibility index (Phi) is 4.95. The van der Waals surface area contributed by atoms with Gasteiger partial charge in [0.05, 0.1) is 12.5 Å². The summed E-state index contributed by atoms with van der Waals surface area (Å²) >= 11 is 0. The maximum atomic E-state index is 11.9. The zero-order valence-electron chi connectivity index (χ0n) is 11.3. The van der Waals surface area contributed by atoms with E-state index in [2.05, 4.69) is 10.6 Å². The van der Waals surface area contributed by atoms with Gasteiger partial charge in [0.25, 0.3) is 0 Å². The van der Waals surface area contributed by atoms with Crippen LogP contribution in [-0.2, 0) is 14.3 Å². The van der Waals surface area contributed by atoms with Crippen molar-refractivity contribution in [1.29, 1.82) is 0 Å². The fourth-order valence-electron chi connectivity index (χ4n) is 1.91. The van der Waals surface area contributed by atoms with E-state index in [9.17, 15) is 9.59 Å². The van der Waals surface area contributed by atoms with Crippen LogP contribution in [0.25, 0.3) is 0 Å². The molecule has 1 aromatic rings. The molecule has 6 heteroatoms. The second-order valence-corrected chi connectivity index (χ2v) is 4.56. The van der Waals surface area contributed by atoms with Crippen molar-refractivity contribution in [1.82, 2.24) is 5.32 Å². The molecule has 1 fully saturated rings. The Morgan fingerprint density at radius 1 is 1.35 bits per heavy atom. The van der Waals surface area contributed by atoms with E-state index in [0.717, 1.165) is 5.75 Å². The molecule has 0 bridgehead atoms. The average molecular weight is 278 g/mol. The largest absolute Gasteiger partial charge is 0.491 e. The third-order valence-corrected chi connectivity index (χ3v) is 3.03. The van der Waals surface area contributed by atoms with Gasteiger partial charge in [-0.15, -0.1) is 0 Å². The molecule has 108 valence electrons. The van der Waals surface area contributed by atoms with Gasteiger partial charge < -0.3 is 20.1 Å². The molecular formula is C14H18N2O4. The molecule has 1 atom stereocenters. The summed E-state index contributed by atoms with van der Waals surface area (Å²) < 4.78 is 10.3. The van der Waals surface area contributed by atoms with Gasteiger partial charge in [-0.1, -0.05) is 0 Å². The number of carbonyl (C=O) groups excluding carboxylic acids is 2. The summed E-state index contributed by atoms with van der Waals surface area (Å²) in [5, 5.41) is 5.43. The van der Waals surface area contributed by atoms with Crippen molar-refractivity contribution in [2.24, 2.45) is 5.92 Å². The van der Waals surface area contributed by atoms with Crippen molar-refractivity contribution in [2.75, 3.05) is 32.2 Å². The van der Waals surface area contributed by atoms with Crippen molar-refractivity contribution >= 4 is 17.5 Å². The molecule has 0 spiro atoms. The van der Waals surface area contributed by atoms with Gasteiger partial charge in [-0.2, -0.15) is 0 Å². The zero-order valence-corrected chi connectivity index (χ0v) is 11.3. The quantitative estimate of drug-likeness (QED) is 0.754. The standard InChI is InChI=1S/C14H18N2O4/c1-19-6-7-20-12-4-2-11(3-5-12)16-14(18)10-8-13(17)15-9-10/h2-5,10H,6-9H2,1H3,(H,15,17)(H,16,18). The number of hydrogen-bond donors (Lipinski definition) is 2. The summed E-state index contributed by atoms with van der Waals surface area (Å²) in [7, 11) is 1.62. The second kappa shape index (κ2) is 6.91. The third kappa shape index (κ3) is 3.96. The summed E-state index contributed by atoms with van der Waals surface area (Å²) in [6.07, 6.45) is 0.254. The molecule has 1 aromatic carbocycles. The number of rotatable bonds is 6. The van der Waals surface area contributed by atoms with Crippen LogP contribution in [0.2, 0.25) is 0 Å². The van der Waals surface area contributed by atoms with Gasteiger partial charge in [-0.25, -0.2) is 0 Å². The fourth-order valence-corrected chi connectivity index (χ4v) is 1.91. The first kappa shape index (κ1) is 14.3. The highest BCUT2D eigenvalue weighted by Gasteiger charge is 2.27. The average Bonchev–Trinajstić information content (AvgIpc) is 2.88. The van der Waals surface area contributed by atoms with E-state index in [1.54, 1.807) is 31.4 Å². The van der Waals surface area contributed by atoms with Crippen LogP contribution in [0.15, 0.2) is 24.3 Å². The van der Waals surface area contributed by atoms with Crippen molar-refractivity contribution in [3.63, 3.8) is 0 Å². The maximum Gasteiger partial charge on any atom is 0.229 e. The van der Waals surface area contributed by atoms with Gasteiger partial charge >= 0.3 is 0 Å². The number of methoxy groups -OCH3 is 1. The summed E-state index contributed by atoms with van der Waals surface area (Å²) in [6.45, 7) is 1.42. The molecule has 2 N–H and O–H groups in total. The van der Waals surface area contributed by atoms with Gasteiger partial charge in [0.2, 0.25) is 11.8 Å². The van der Waals surface area contributed by atoms with Crippen LogP contribution in [0.3, 0.4) is 0 Å². The predicted octanol–water partition coefficient (Wildman–Crippen LogP) is 0.786. The Hall–Kier alpha value is -2.08. The minimum atomic E-state index is -0.292. The topological polar surface area (TPSA) is 76.7 Å². The van der Waals surface area contributed by atoms with Crippen molar-refractivity contribution in [3.8, 4) is 5.75 Å². The monoisotopic (exact) mass is 278 g/mol. The molecule has 6 nitrogen and oxygen atoms in total. The molecule has 1 aliphatic heterocycles. The Labute approximate surface area is 117 Å². The van der Waals surface area contributed by atoms with E-state index >= 15 is 0 Å². The van der Waals surface area contributed by atoms with E-state index in [1.807, 2.05) is 0 Å². The fraction of sp³-hybridized carbons (Fsp3) is 0.429. The van der Waals surface area contributed by atoms with Crippen LogP contribution in [0.5, 0.6) is 5.75 Å². The molecule has 2 amide bonds. The lowest BCUT2D eigenvalue weighted by Gasteiger charge is -2.10. The Morgan fingerprint density at radius 3 is 2.70 bits per heavy atom. The maximum absolute atomic E-state index is 11.9. The zero-order chi connectivity index (χ0) is 14.4. The van der Waals surface area contributed by atoms with Crippen LogP contribution in [0, 0.1) is 5.92 Å². The van der Waals surface area contributed by atoms with Crippen molar-refractivity contribution in [3.05, 3.63) is 24.3 Å². The SMILES string of the molecule is COCCOc1ccc(NC(=O)C2CNC(=O)C2)cc1. The molecule has 1 heterocycles. The molecule has 1 aliphatic rings. The molecular weight excluding hydrogens is 260 g/mol. The number of amides is 2. The molecule has 2 rings (SSSR count). The van der Waals surface area contributed by atoms with E-state index in [1.165, 1.54) is 0 Å². The number of nitrogens with one attached hydrogen (secondary N) is 2. The Bertz CT molecular complexity index is 473. The smallest absolute Gasteiger partial charge is 0.229 e.